The van der Waals surface area contributed by atoms with Crippen molar-refractivity contribution in [3.63, 3.8) is 0 Å². The molecule has 0 aliphatic heterocycles. The first-order chi connectivity index (χ1) is 31.0. The van der Waals surface area contributed by atoms with E-state index in [0.717, 1.165) is 109 Å². The van der Waals surface area contributed by atoms with Crippen LogP contribution in [0.25, 0.3) is 0 Å². The zero-order valence-electron chi connectivity index (χ0n) is 40.8. The second-order valence-electron chi connectivity index (χ2n) is 16.7. The number of carbonyl (C=O) groups is 3. The molecule has 1 atom stereocenters. The molecule has 0 aromatic rings. The Kier molecular flexibility index (Phi) is 48.0. The van der Waals surface area contributed by atoms with E-state index in [-0.39, 0.29) is 37.5 Å². The quantitative estimate of drug-likeness (QED) is 0.0262. The molecular formula is C57H94O6. The molecule has 0 saturated heterocycles. The number of allylic oxidation sites excluding steroid dienone is 16. The van der Waals surface area contributed by atoms with E-state index in [4.69, 9.17) is 14.2 Å². The summed E-state index contributed by atoms with van der Waals surface area (Å²) in [5, 5.41) is 0. The van der Waals surface area contributed by atoms with Crippen molar-refractivity contribution in [2.45, 2.75) is 232 Å². The van der Waals surface area contributed by atoms with Crippen molar-refractivity contribution in [2.75, 3.05) is 13.2 Å². The fraction of sp³-hybridized carbons (Fsp3) is 0.667. The van der Waals surface area contributed by atoms with Crippen molar-refractivity contribution in [3.05, 3.63) is 97.2 Å². The minimum absolute atomic E-state index is 0.100. The van der Waals surface area contributed by atoms with E-state index in [2.05, 4.69) is 118 Å². The third kappa shape index (κ3) is 49.2. The number of carbonyl (C=O) groups excluding carboxylic acids is 3. The Labute approximate surface area is 387 Å². The predicted octanol–water partition coefficient (Wildman–Crippen LogP) is 17.0. The maximum absolute atomic E-state index is 12.8. The molecule has 0 aliphatic carbocycles. The normalized spacial score (nSPS) is 12.9. The molecule has 0 fully saturated rings. The van der Waals surface area contributed by atoms with Gasteiger partial charge in [-0.25, -0.2) is 0 Å². The standard InChI is InChI=1S/C57H94O6/c1-4-7-10-13-16-19-22-25-27-29-31-32-35-38-41-44-47-50-56(59)62-53-54(52-61-55(58)49-46-43-40-37-34-24-21-18-15-12-9-6-3)63-57(60)51-48-45-42-39-36-33-30-28-26-23-20-17-14-11-8-5-2/h7-8,10-11,16-17,19-20,25-28,31-32,38,41,54H,4-6,9,12-15,18,21-24,29-30,33-37,39-40,42-53H2,1-3H3/b10-7-,11-8-,19-16-,20-17-,27-25-,28-26-,32-31-,41-38-. The molecular weight excluding hydrogens is 781 g/mol. The number of rotatable bonds is 45. The van der Waals surface area contributed by atoms with E-state index in [1.807, 2.05) is 0 Å². The van der Waals surface area contributed by atoms with Crippen LogP contribution in [0.5, 0.6) is 0 Å². The van der Waals surface area contributed by atoms with Crippen LogP contribution < -0.4 is 0 Å². The summed E-state index contributed by atoms with van der Waals surface area (Å²) in [7, 11) is 0. The van der Waals surface area contributed by atoms with Gasteiger partial charge in [-0.3, -0.25) is 14.4 Å². The second-order valence-corrected chi connectivity index (χ2v) is 16.7. The van der Waals surface area contributed by atoms with Crippen molar-refractivity contribution in [3.8, 4) is 0 Å². The summed E-state index contributed by atoms with van der Waals surface area (Å²) in [4.78, 5) is 38.0. The van der Waals surface area contributed by atoms with Gasteiger partial charge in [-0.2, -0.15) is 0 Å². The molecule has 0 aromatic carbocycles. The summed E-state index contributed by atoms with van der Waals surface area (Å²) < 4.78 is 16.7. The zero-order chi connectivity index (χ0) is 45.8. The summed E-state index contributed by atoms with van der Waals surface area (Å²) in [6.45, 7) is 6.34. The summed E-state index contributed by atoms with van der Waals surface area (Å²) in [5.41, 5.74) is 0. The Hall–Kier alpha value is -3.67. The third-order valence-corrected chi connectivity index (χ3v) is 10.6. The Morgan fingerprint density at radius 1 is 0.333 bits per heavy atom. The molecule has 0 bridgehead atoms. The van der Waals surface area contributed by atoms with Crippen molar-refractivity contribution < 1.29 is 28.6 Å². The van der Waals surface area contributed by atoms with Gasteiger partial charge in [0.05, 0.1) is 0 Å². The maximum atomic E-state index is 12.8. The molecule has 0 rings (SSSR count). The van der Waals surface area contributed by atoms with Gasteiger partial charge in [-0.1, -0.05) is 214 Å². The average molecular weight is 875 g/mol. The van der Waals surface area contributed by atoms with Crippen LogP contribution in [0.15, 0.2) is 97.2 Å². The molecule has 0 amide bonds. The molecule has 1 unspecified atom stereocenters. The number of esters is 3. The van der Waals surface area contributed by atoms with Gasteiger partial charge in [0, 0.05) is 19.3 Å². The van der Waals surface area contributed by atoms with Crippen LogP contribution in [0.1, 0.15) is 226 Å². The third-order valence-electron chi connectivity index (χ3n) is 10.6. The molecule has 0 spiro atoms. The van der Waals surface area contributed by atoms with E-state index < -0.39 is 6.10 Å². The Morgan fingerprint density at radius 2 is 0.635 bits per heavy atom. The van der Waals surface area contributed by atoms with Gasteiger partial charge in [0.2, 0.25) is 0 Å². The molecule has 0 aliphatic rings. The minimum atomic E-state index is -0.806. The number of ether oxygens (including phenoxy) is 3. The van der Waals surface area contributed by atoms with E-state index in [9.17, 15) is 14.4 Å². The molecule has 6 heteroatoms. The fourth-order valence-electron chi connectivity index (χ4n) is 6.79. The first-order valence-corrected chi connectivity index (χ1v) is 25.7. The van der Waals surface area contributed by atoms with Crippen molar-refractivity contribution in [2.24, 2.45) is 0 Å². The van der Waals surface area contributed by atoms with Crippen LogP contribution in [0, 0.1) is 0 Å². The first kappa shape index (κ1) is 59.3. The van der Waals surface area contributed by atoms with Gasteiger partial charge in [-0.05, 0) is 89.9 Å². The summed E-state index contributed by atoms with van der Waals surface area (Å²) in [6.07, 6.45) is 66.8. The van der Waals surface area contributed by atoms with Crippen LogP contribution in [0.3, 0.4) is 0 Å². The number of hydrogen-bond donors (Lipinski definition) is 0. The SMILES string of the molecule is CC/C=C\C/C=C\C/C=C\C/C=C\C/C=C\CCCC(=O)OCC(COC(=O)CCCCCCCCCCCCCC)OC(=O)CCCCCCCC/C=C\C/C=C\C/C=C\CC. The van der Waals surface area contributed by atoms with Gasteiger partial charge >= 0.3 is 17.9 Å². The highest BCUT2D eigenvalue weighted by atomic mass is 16.6. The largest absolute Gasteiger partial charge is 0.462 e. The smallest absolute Gasteiger partial charge is 0.306 e. The zero-order valence-corrected chi connectivity index (χ0v) is 40.8. The molecule has 0 N–H and O–H groups in total. The Morgan fingerprint density at radius 3 is 1.03 bits per heavy atom. The molecule has 358 valence electrons. The lowest BCUT2D eigenvalue weighted by atomic mass is 10.0. The van der Waals surface area contributed by atoms with Gasteiger partial charge in [0.25, 0.3) is 0 Å². The lowest BCUT2D eigenvalue weighted by Gasteiger charge is -2.18. The van der Waals surface area contributed by atoms with E-state index in [0.29, 0.717) is 19.3 Å². The minimum Gasteiger partial charge on any atom is -0.462 e. The maximum Gasteiger partial charge on any atom is 0.306 e. The summed E-state index contributed by atoms with van der Waals surface area (Å²) in [6, 6.07) is 0. The van der Waals surface area contributed by atoms with Crippen LogP contribution >= 0.6 is 0 Å². The monoisotopic (exact) mass is 875 g/mol. The van der Waals surface area contributed by atoms with Crippen LogP contribution in [-0.2, 0) is 28.6 Å². The number of unbranched alkanes of at least 4 members (excludes halogenated alkanes) is 18. The summed E-state index contributed by atoms with van der Waals surface area (Å²) >= 11 is 0. The van der Waals surface area contributed by atoms with E-state index >= 15 is 0 Å². The highest BCUT2D eigenvalue weighted by Crippen LogP contribution is 2.14. The average Bonchev–Trinajstić information content (AvgIpc) is 3.28. The van der Waals surface area contributed by atoms with E-state index in [1.54, 1.807) is 0 Å². The fourth-order valence-corrected chi connectivity index (χ4v) is 6.79. The Bertz CT molecular complexity index is 1280. The molecule has 0 saturated carbocycles. The lowest BCUT2D eigenvalue weighted by Crippen LogP contribution is -2.30. The molecule has 0 aromatic heterocycles. The van der Waals surface area contributed by atoms with E-state index in [1.165, 1.54) is 70.6 Å². The molecule has 0 heterocycles. The van der Waals surface area contributed by atoms with Crippen LogP contribution in [0.2, 0.25) is 0 Å². The topological polar surface area (TPSA) is 78.9 Å². The highest BCUT2D eigenvalue weighted by molar-refractivity contribution is 5.71. The molecule has 6 nitrogen and oxygen atoms in total. The Balaban J connectivity index is 4.50. The van der Waals surface area contributed by atoms with Gasteiger partial charge < -0.3 is 14.2 Å². The summed E-state index contributed by atoms with van der Waals surface area (Å²) in [5.74, 6) is -0.977. The molecule has 63 heavy (non-hydrogen) atoms. The van der Waals surface area contributed by atoms with Crippen LogP contribution in [0.4, 0.5) is 0 Å². The lowest BCUT2D eigenvalue weighted by molar-refractivity contribution is -0.167. The van der Waals surface area contributed by atoms with Crippen LogP contribution in [-0.4, -0.2) is 37.2 Å². The molecule has 0 radical (unpaired) electrons. The van der Waals surface area contributed by atoms with Crippen molar-refractivity contribution >= 4 is 17.9 Å². The predicted molar refractivity (Wildman–Crippen MR) is 270 cm³/mol. The van der Waals surface area contributed by atoms with Gasteiger partial charge in [-0.15, -0.1) is 0 Å². The van der Waals surface area contributed by atoms with Crippen molar-refractivity contribution in [1.29, 1.82) is 0 Å². The van der Waals surface area contributed by atoms with Crippen molar-refractivity contribution in [1.82, 2.24) is 0 Å². The second kappa shape index (κ2) is 51.0. The number of hydrogen-bond acceptors (Lipinski definition) is 6. The highest BCUT2D eigenvalue weighted by Gasteiger charge is 2.19. The van der Waals surface area contributed by atoms with Gasteiger partial charge in [0.15, 0.2) is 6.10 Å². The first-order valence-electron chi connectivity index (χ1n) is 25.7. The van der Waals surface area contributed by atoms with Gasteiger partial charge in [0.1, 0.15) is 13.2 Å².